The molecule has 2 unspecified atom stereocenters. The summed E-state index contributed by atoms with van der Waals surface area (Å²) < 4.78 is 23.1. The average Bonchev–Trinajstić information content (AvgIpc) is 2.27. The molecule has 0 fully saturated rings. The minimum absolute atomic E-state index is 0.107. The van der Waals surface area contributed by atoms with E-state index in [2.05, 4.69) is 5.32 Å². The summed E-state index contributed by atoms with van der Waals surface area (Å²) in [6.07, 6.45) is 1.10. The number of sulfone groups is 1. The normalized spacial score (nSPS) is 14.9. The molecule has 0 saturated heterocycles. The summed E-state index contributed by atoms with van der Waals surface area (Å²) in [6.45, 7) is 3.43. The maximum absolute atomic E-state index is 11.8. The third kappa shape index (κ3) is 3.54. The SMILES string of the molecule is CC(N)C(C)C(=O)Nc1ccccc1S(C)(=O)=O. The zero-order valence-electron chi connectivity index (χ0n) is 10.7. The van der Waals surface area contributed by atoms with Gasteiger partial charge in [-0.15, -0.1) is 0 Å². The van der Waals surface area contributed by atoms with E-state index >= 15 is 0 Å². The standard InChI is InChI=1S/C12H18N2O3S/c1-8(9(2)13)12(15)14-10-6-4-5-7-11(10)18(3,16)17/h4-9H,13H2,1-3H3,(H,14,15). The smallest absolute Gasteiger partial charge is 0.228 e. The van der Waals surface area contributed by atoms with Gasteiger partial charge in [0.15, 0.2) is 9.84 Å². The van der Waals surface area contributed by atoms with Crippen molar-refractivity contribution in [3.63, 3.8) is 0 Å². The van der Waals surface area contributed by atoms with Crippen molar-refractivity contribution >= 4 is 21.4 Å². The van der Waals surface area contributed by atoms with E-state index in [9.17, 15) is 13.2 Å². The fourth-order valence-corrected chi connectivity index (χ4v) is 2.22. The van der Waals surface area contributed by atoms with Gasteiger partial charge in [0.25, 0.3) is 0 Å². The summed E-state index contributed by atoms with van der Waals surface area (Å²) in [5.41, 5.74) is 5.92. The van der Waals surface area contributed by atoms with Gasteiger partial charge < -0.3 is 11.1 Å². The molecule has 1 rings (SSSR count). The first-order valence-corrected chi connectivity index (χ1v) is 7.48. The number of benzene rings is 1. The Labute approximate surface area is 107 Å². The average molecular weight is 270 g/mol. The minimum Gasteiger partial charge on any atom is -0.327 e. The lowest BCUT2D eigenvalue weighted by Crippen LogP contribution is -2.34. The summed E-state index contributed by atoms with van der Waals surface area (Å²) in [4.78, 5) is 12.0. The molecule has 18 heavy (non-hydrogen) atoms. The van der Waals surface area contributed by atoms with Gasteiger partial charge in [0.1, 0.15) is 0 Å². The Morgan fingerprint density at radius 3 is 2.33 bits per heavy atom. The quantitative estimate of drug-likeness (QED) is 0.854. The highest BCUT2D eigenvalue weighted by Crippen LogP contribution is 2.21. The van der Waals surface area contributed by atoms with Crippen LogP contribution in [0.2, 0.25) is 0 Å². The number of rotatable bonds is 4. The van der Waals surface area contributed by atoms with E-state index in [0.29, 0.717) is 0 Å². The molecule has 0 spiro atoms. The Morgan fingerprint density at radius 2 is 1.83 bits per heavy atom. The molecule has 6 heteroatoms. The number of amides is 1. The van der Waals surface area contributed by atoms with E-state index in [1.165, 1.54) is 6.07 Å². The second-order valence-corrected chi connectivity index (χ2v) is 6.39. The highest BCUT2D eigenvalue weighted by Gasteiger charge is 2.20. The van der Waals surface area contributed by atoms with Crippen LogP contribution in [0.25, 0.3) is 0 Å². The highest BCUT2D eigenvalue weighted by atomic mass is 32.2. The molecule has 100 valence electrons. The number of hydrogen-bond donors (Lipinski definition) is 2. The largest absolute Gasteiger partial charge is 0.327 e. The van der Waals surface area contributed by atoms with Crippen LogP contribution in [-0.4, -0.2) is 26.6 Å². The zero-order valence-corrected chi connectivity index (χ0v) is 11.5. The van der Waals surface area contributed by atoms with Gasteiger partial charge in [-0.2, -0.15) is 0 Å². The molecule has 5 nitrogen and oxygen atoms in total. The predicted molar refractivity (Wildman–Crippen MR) is 71.0 cm³/mol. The van der Waals surface area contributed by atoms with Gasteiger partial charge in [-0.05, 0) is 19.1 Å². The molecular weight excluding hydrogens is 252 g/mol. The molecule has 0 heterocycles. The van der Waals surface area contributed by atoms with Gasteiger partial charge >= 0.3 is 0 Å². The molecule has 0 radical (unpaired) electrons. The van der Waals surface area contributed by atoms with Crippen molar-refractivity contribution in [1.82, 2.24) is 0 Å². The van der Waals surface area contributed by atoms with Crippen molar-refractivity contribution in [3.8, 4) is 0 Å². The number of para-hydroxylation sites is 1. The summed E-state index contributed by atoms with van der Waals surface area (Å²) in [5, 5.41) is 2.60. The lowest BCUT2D eigenvalue weighted by molar-refractivity contribution is -0.119. The Bertz CT molecular complexity index is 538. The van der Waals surface area contributed by atoms with E-state index in [0.717, 1.165) is 6.26 Å². The van der Waals surface area contributed by atoms with Crippen molar-refractivity contribution in [2.75, 3.05) is 11.6 Å². The molecule has 0 aliphatic heterocycles. The summed E-state index contributed by atoms with van der Waals surface area (Å²) in [7, 11) is -3.37. The first-order chi connectivity index (χ1) is 8.23. The molecule has 0 aromatic heterocycles. The Kier molecular flexibility index (Phi) is 4.48. The number of carbonyl (C=O) groups excluding carboxylic acids is 1. The molecule has 1 aromatic rings. The monoisotopic (exact) mass is 270 g/mol. The van der Waals surface area contributed by atoms with Crippen molar-refractivity contribution in [1.29, 1.82) is 0 Å². The van der Waals surface area contributed by atoms with Crippen molar-refractivity contribution < 1.29 is 13.2 Å². The van der Waals surface area contributed by atoms with Crippen molar-refractivity contribution in [3.05, 3.63) is 24.3 Å². The van der Waals surface area contributed by atoms with Gasteiger partial charge in [0.2, 0.25) is 5.91 Å². The van der Waals surface area contributed by atoms with Crippen molar-refractivity contribution in [2.24, 2.45) is 11.7 Å². The van der Waals surface area contributed by atoms with E-state index in [4.69, 9.17) is 5.73 Å². The lowest BCUT2D eigenvalue weighted by Gasteiger charge is -2.16. The summed E-state index contributed by atoms with van der Waals surface area (Å²) in [5.74, 6) is -0.682. The minimum atomic E-state index is -3.37. The van der Waals surface area contributed by atoms with Crippen molar-refractivity contribution in [2.45, 2.75) is 24.8 Å². The van der Waals surface area contributed by atoms with Crippen LogP contribution < -0.4 is 11.1 Å². The molecule has 0 aliphatic carbocycles. The van der Waals surface area contributed by atoms with Gasteiger partial charge in [0, 0.05) is 12.3 Å². The van der Waals surface area contributed by atoms with Gasteiger partial charge in [-0.3, -0.25) is 4.79 Å². The van der Waals surface area contributed by atoms with E-state index < -0.39 is 15.8 Å². The lowest BCUT2D eigenvalue weighted by atomic mass is 10.0. The van der Waals surface area contributed by atoms with E-state index in [-0.39, 0.29) is 22.5 Å². The Balaban J connectivity index is 3.03. The number of anilines is 1. The number of nitrogens with two attached hydrogens (primary N) is 1. The Hall–Kier alpha value is -1.40. The van der Waals surface area contributed by atoms with Crippen LogP contribution >= 0.6 is 0 Å². The molecule has 0 saturated carbocycles. The van der Waals surface area contributed by atoms with Crippen LogP contribution in [0.3, 0.4) is 0 Å². The first kappa shape index (κ1) is 14.7. The number of carbonyl (C=O) groups is 1. The molecular formula is C12H18N2O3S. The Morgan fingerprint density at radius 1 is 1.28 bits per heavy atom. The van der Waals surface area contributed by atoms with Crippen LogP contribution in [0.5, 0.6) is 0 Å². The van der Waals surface area contributed by atoms with Gasteiger partial charge in [-0.25, -0.2) is 8.42 Å². The zero-order chi connectivity index (χ0) is 13.9. The maximum Gasteiger partial charge on any atom is 0.228 e. The van der Waals surface area contributed by atoms with Crippen LogP contribution in [0.15, 0.2) is 29.2 Å². The van der Waals surface area contributed by atoms with Crippen LogP contribution in [-0.2, 0) is 14.6 Å². The summed E-state index contributed by atoms with van der Waals surface area (Å²) >= 11 is 0. The molecule has 3 N–H and O–H groups in total. The molecule has 0 bridgehead atoms. The third-order valence-corrected chi connectivity index (χ3v) is 3.90. The topological polar surface area (TPSA) is 89.3 Å². The fraction of sp³-hybridized carbons (Fsp3) is 0.417. The first-order valence-electron chi connectivity index (χ1n) is 5.59. The second-order valence-electron chi connectivity index (χ2n) is 4.41. The third-order valence-electron chi connectivity index (χ3n) is 2.75. The van der Waals surface area contributed by atoms with Crippen LogP contribution in [0, 0.1) is 5.92 Å². The van der Waals surface area contributed by atoms with Gasteiger partial charge in [0.05, 0.1) is 16.5 Å². The fourth-order valence-electron chi connectivity index (χ4n) is 1.38. The second kappa shape index (κ2) is 5.49. The predicted octanol–water partition coefficient (Wildman–Crippen LogP) is 1.01. The number of hydrogen-bond acceptors (Lipinski definition) is 4. The molecule has 2 atom stereocenters. The maximum atomic E-state index is 11.8. The van der Waals surface area contributed by atoms with E-state index in [1.54, 1.807) is 32.0 Å². The number of nitrogens with one attached hydrogen (secondary N) is 1. The molecule has 0 aliphatic rings. The van der Waals surface area contributed by atoms with Crippen LogP contribution in [0.4, 0.5) is 5.69 Å². The summed E-state index contributed by atoms with van der Waals surface area (Å²) in [6, 6.07) is 6.00. The molecule has 1 aromatic carbocycles. The highest BCUT2D eigenvalue weighted by molar-refractivity contribution is 7.90. The van der Waals surface area contributed by atoms with Crippen LogP contribution in [0.1, 0.15) is 13.8 Å². The van der Waals surface area contributed by atoms with Gasteiger partial charge in [-0.1, -0.05) is 19.1 Å². The molecule has 1 amide bonds. The van der Waals surface area contributed by atoms with E-state index in [1.807, 2.05) is 0 Å².